The van der Waals surface area contributed by atoms with Crippen LogP contribution in [0.2, 0.25) is 5.15 Å². The molecule has 1 saturated carbocycles. The number of hydrogen-bond acceptors (Lipinski definition) is 4. The van der Waals surface area contributed by atoms with Crippen LogP contribution in [0.25, 0.3) is 11.1 Å². The van der Waals surface area contributed by atoms with E-state index in [1.165, 1.54) is 19.5 Å². The van der Waals surface area contributed by atoms with Crippen molar-refractivity contribution in [3.8, 4) is 16.9 Å². The van der Waals surface area contributed by atoms with Gasteiger partial charge in [-0.05, 0) is 25.0 Å². The van der Waals surface area contributed by atoms with Crippen molar-refractivity contribution >= 4 is 17.6 Å². The molecule has 0 unspecified atom stereocenters. The average Bonchev–Trinajstić information content (AvgIpc) is 3.31. The summed E-state index contributed by atoms with van der Waals surface area (Å²) in [5, 5.41) is 9.66. The monoisotopic (exact) mass is 304 g/mol. The number of carbonyl (C=O) groups is 1. The van der Waals surface area contributed by atoms with Crippen LogP contribution in [0.3, 0.4) is 0 Å². The Balaban J connectivity index is 2.21. The molecule has 5 nitrogen and oxygen atoms in total. The molecule has 3 rings (SSSR count). The zero-order valence-corrected chi connectivity index (χ0v) is 12.1. The molecule has 2 aromatic rings. The van der Waals surface area contributed by atoms with Crippen LogP contribution in [-0.2, 0) is 0 Å². The predicted molar refractivity (Wildman–Crippen MR) is 78.0 cm³/mol. The predicted octanol–water partition coefficient (Wildman–Crippen LogP) is 3.38. The molecule has 0 amide bonds. The fourth-order valence-corrected chi connectivity index (χ4v) is 2.42. The van der Waals surface area contributed by atoms with E-state index in [-0.39, 0.29) is 10.7 Å². The number of aromatic carboxylic acids is 1. The first kappa shape index (κ1) is 13.8. The maximum Gasteiger partial charge on any atom is 0.337 e. The first-order valence-corrected chi connectivity index (χ1v) is 6.91. The van der Waals surface area contributed by atoms with Gasteiger partial charge in [-0.3, -0.25) is 4.98 Å². The molecule has 0 atom stereocenters. The van der Waals surface area contributed by atoms with Crippen molar-refractivity contribution in [1.82, 2.24) is 9.97 Å². The van der Waals surface area contributed by atoms with E-state index in [2.05, 4.69) is 9.97 Å². The van der Waals surface area contributed by atoms with E-state index in [0.29, 0.717) is 22.8 Å². The number of halogens is 1. The molecule has 2 aromatic heterocycles. The summed E-state index contributed by atoms with van der Waals surface area (Å²) in [4.78, 5) is 19.7. The van der Waals surface area contributed by atoms with Crippen LogP contribution in [0, 0.1) is 0 Å². The van der Waals surface area contributed by atoms with Gasteiger partial charge in [0.25, 0.3) is 0 Å². The van der Waals surface area contributed by atoms with Crippen molar-refractivity contribution in [2.45, 2.75) is 18.8 Å². The van der Waals surface area contributed by atoms with E-state index in [0.717, 1.165) is 18.5 Å². The summed E-state index contributed by atoms with van der Waals surface area (Å²) < 4.78 is 5.27. The third kappa shape index (κ3) is 2.69. The minimum atomic E-state index is -1.03. The van der Waals surface area contributed by atoms with E-state index in [1.54, 1.807) is 6.07 Å². The summed E-state index contributed by atoms with van der Waals surface area (Å²) in [6.07, 6.45) is 5.07. The highest BCUT2D eigenvalue weighted by Gasteiger charge is 2.27. The molecule has 1 fully saturated rings. The van der Waals surface area contributed by atoms with Gasteiger partial charge in [-0.25, -0.2) is 9.78 Å². The Kier molecular flexibility index (Phi) is 3.51. The lowest BCUT2D eigenvalue weighted by atomic mass is 10.00. The number of ether oxygens (including phenoxy) is 1. The number of pyridine rings is 2. The summed E-state index contributed by atoms with van der Waals surface area (Å²) in [5.74, 6) is -0.125. The molecule has 0 aliphatic heterocycles. The normalized spacial score (nSPS) is 14.0. The van der Waals surface area contributed by atoms with Gasteiger partial charge < -0.3 is 9.84 Å². The fourth-order valence-electron chi connectivity index (χ4n) is 2.26. The van der Waals surface area contributed by atoms with Crippen molar-refractivity contribution < 1.29 is 14.6 Å². The van der Waals surface area contributed by atoms with Gasteiger partial charge in [0.1, 0.15) is 10.9 Å². The zero-order chi connectivity index (χ0) is 15.0. The van der Waals surface area contributed by atoms with Gasteiger partial charge in [0.2, 0.25) is 0 Å². The van der Waals surface area contributed by atoms with E-state index in [4.69, 9.17) is 16.3 Å². The Hall–Kier alpha value is -2.14. The number of hydrogen-bond donors (Lipinski definition) is 1. The number of carboxylic acids is 1. The molecule has 0 spiro atoms. The highest BCUT2D eigenvalue weighted by atomic mass is 35.5. The first-order chi connectivity index (χ1) is 10.1. The molecule has 108 valence electrons. The van der Waals surface area contributed by atoms with E-state index >= 15 is 0 Å². The van der Waals surface area contributed by atoms with Crippen LogP contribution in [0.5, 0.6) is 5.75 Å². The van der Waals surface area contributed by atoms with E-state index in [9.17, 15) is 9.90 Å². The molecular weight excluding hydrogens is 292 g/mol. The fraction of sp³-hybridized carbons (Fsp3) is 0.267. The number of aromatic nitrogens is 2. The lowest BCUT2D eigenvalue weighted by molar-refractivity contribution is 0.0697. The van der Waals surface area contributed by atoms with Crippen LogP contribution in [-0.4, -0.2) is 28.2 Å². The maximum absolute atomic E-state index is 11.4. The van der Waals surface area contributed by atoms with Crippen LogP contribution < -0.4 is 4.74 Å². The molecule has 1 N–H and O–H groups in total. The Morgan fingerprint density at radius 2 is 2.05 bits per heavy atom. The Labute approximate surface area is 126 Å². The maximum atomic E-state index is 11.4. The van der Waals surface area contributed by atoms with Gasteiger partial charge in [0.05, 0.1) is 18.9 Å². The zero-order valence-electron chi connectivity index (χ0n) is 11.3. The molecule has 1 aliphatic carbocycles. The lowest BCUT2D eigenvalue weighted by Gasteiger charge is -2.12. The SMILES string of the molecule is COc1cnc(Cl)cc1-c1cc(C2CC2)ncc1C(=O)O. The third-order valence-electron chi connectivity index (χ3n) is 3.50. The molecule has 1 aliphatic rings. The smallest absolute Gasteiger partial charge is 0.337 e. The summed E-state index contributed by atoms with van der Waals surface area (Å²) in [6.45, 7) is 0. The number of carboxylic acid groups (broad SMARTS) is 1. The molecule has 21 heavy (non-hydrogen) atoms. The molecule has 2 heterocycles. The van der Waals surface area contributed by atoms with Gasteiger partial charge in [-0.15, -0.1) is 0 Å². The van der Waals surface area contributed by atoms with Crippen molar-refractivity contribution in [3.05, 3.63) is 40.9 Å². The molecule has 0 aromatic carbocycles. The second-order valence-electron chi connectivity index (χ2n) is 4.94. The second-order valence-corrected chi connectivity index (χ2v) is 5.33. The second kappa shape index (κ2) is 5.33. The number of nitrogens with zero attached hydrogens (tertiary/aromatic N) is 2. The molecule has 0 radical (unpaired) electrons. The van der Waals surface area contributed by atoms with Crippen molar-refractivity contribution in [1.29, 1.82) is 0 Å². The van der Waals surface area contributed by atoms with Crippen molar-refractivity contribution in [2.24, 2.45) is 0 Å². The largest absolute Gasteiger partial charge is 0.494 e. The molecular formula is C15H13ClN2O3. The van der Waals surface area contributed by atoms with Gasteiger partial charge in [-0.1, -0.05) is 11.6 Å². The van der Waals surface area contributed by atoms with Crippen LogP contribution >= 0.6 is 11.6 Å². The summed E-state index contributed by atoms with van der Waals surface area (Å²) in [5.41, 5.74) is 2.20. The van der Waals surface area contributed by atoms with Crippen LogP contribution in [0.4, 0.5) is 0 Å². The lowest BCUT2D eigenvalue weighted by Crippen LogP contribution is -2.03. The Morgan fingerprint density at radius 1 is 1.29 bits per heavy atom. The van der Waals surface area contributed by atoms with Crippen molar-refractivity contribution in [3.63, 3.8) is 0 Å². The van der Waals surface area contributed by atoms with Crippen molar-refractivity contribution in [2.75, 3.05) is 7.11 Å². The highest BCUT2D eigenvalue weighted by Crippen LogP contribution is 2.41. The van der Waals surface area contributed by atoms with E-state index in [1.807, 2.05) is 6.07 Å². The van der Waals surface area contributed by atoms with Gasteiger partial charge in [0, 0.05) is 28.9 Å². The quantitative estimate of drug-likeness (QED) is 0.877. The van der Waals surface area contributed by atoms with Crippen LogP contribution in [0.1, 0.15) is 34.8 Å². The number of methoxy groups -OCH3 is 1. The van der Waals surface area contributed by atoms with Gasteiger partial charge >= 0.3 is 5.97 Å². The minimum absolute atomic E-state index is 0.125. The Bertz CT molecular complexity index is 714. The molecule has 0 saturated heterocycles. The highest BCUT2D eigenvalue weighted by molar-refractivity contribution is 6.29. The Morgan fingerprint density at radius 3 is 2.67 bits per heavy atom. The standard InChI is InChI=1S/C15H13ClN2O3/c1-21-13-7-18-14(16)5-10(13)9-4-12(8-2-3-8)17-6-11(9)15(19)20/h4-8H,2-3H2,1H3,(H,19,20). The average molecular weight is 305 g/mol. The minimum Gasteiger partial charge on any atom is -0.494 e. The summed E-state index contributed by atoms with van der Waals surface area (Å²) in [7, 11) is 1.51. The van der Waals surface area contributed by atoms with Gasteiger partial charge in [0.15, 0.2) is 0 Å². The molecule has 6 heteroatoms. The third-order valence-corrected chi connectivity index (χ3v) is 3.70. The summed E-state index contributed by atoms with van der Waals surface area (Å²) >= 11 is 5.94. The first-order valence-electron chi connectivity index (χ1n) is 6.53. The molecule has 0 bridgehead atoms. The van der Waals surface area contributed by atoms with E-state index < -0.39 is 5.97 Å². The summed E-state index contributed by atoms with van der Waals surface area (Å²) in [6, 6.07) is 3.42. The van der Waals surface area contributed by atoms with Crippen LogP contribution in [0.15, 0.2) is 24.5 Å². The topological polar surface area (TPSA) is 72.3 Å². The van der Waals surface area contributed by atoms with Gasteiger partial charge in [-0.2, -0.15) is 0 Å². The number of rotatable bonds is 4.